The van der Waals surface area contributed by atoms with E-state index in [-0.39, 0.29) is 10.7 Å². The van der Waals surface area contributed by atoms with Gasteiger partial charge < -0.3 is 0 Å². The molecule has 2 rings (SSSR count). The van der Waals surface area contributed by atoms with Crippen LogP contribution >= 0.6 is 0 Å². The maximum Gasteiger partial charge on any atom is 0.190 e. The van der Waals surface area contributed by atoms with E-state index in [1.807, 2.05) is 0 Å². The van der Waals surface area contributed by atoms with E-state index in [9.17, 15) is 13.2 Å². The lowest BCUT2D eigenvalue weighted by atomic mass is 9.99. The van der Waals surface area contributed by atoms with Crippen LogP contribution in [0, 0.1) is 0 Å². The largest absolute Gasteiger partial charge is 0.299 e. The number of carbonyl (C=O) groups excluding carboxylic acids is 1. The van der Waals surface area contributed by atoms with E-state index in [4.69, 9.17) is 0 Å². The van der Waals surface area contributed by atoms with Crippen LogP contribution in [0.2, 0.25) is 0 Å². The maximum absolute atomic E-state index is 13.0. The second-order valence-electron chi connectivity index (χ2n) is 7.29. The number of sulfone groups is 1. The molecule has 0 fully saturated rings. The molecular weight excluding hydrogens is 334 g/mol. The van der Waals surface area contributed by atoms with Crippen molar-refractivity contribution >= 4 is 15.6 Å². The van der Waals surface area contributed by atoms with Crippen molar-refractivity contribution in [2.45, 2.75) is 56.6 Å². The molecule has 0 radical (unpaired) electrons. The van der Waals surface area contributed by atoms with Crippen molar-refractivity contribution in [3.05, 3.63) is 41.5 Å². The molecule has 0 aromatic heterocycles. The Labute approximate surface area is 151 Å². The van der Waals surface area contributed by atoms with Gasteiger partial charge in [-0.2, -0.15) is 0 Å². The van der Waals surface area contributed by atoms with Gasteiger partial charge in [0.2, 0.25) is 0 Å². The van der Waals surface area contributed by atoms with Gasteiger partial charge in [-0.3, -0.25) is 9.69 Å². The molecule has 25 heavy (non-hydrogen) atoms. The summed E-state index contributed by atoms with van der Waals surface area (Å²) in [6.07, 6.45) is 2.10. The highest BCUT2D eigenvalue weighted by molar-refractivity contribution is 7.93. The lowest BCUT2D eigenvalue weighted by Gasteiger charge is -2.31. The minimum Gasteiger partial charge on any atom is -0.299 e. The molecule has 0 bridgehead atoms. The van der Waals surface area contributed by atoms with Gasteiger partial charge in [0.25, 0.3) is 0 Å². The summed E-state index contributed by atoms with van der Waals surface area (Å²) in [5.74, 6) is -0.290. The number of hydrogen-bond acceptors (Lipinski definition) is 4. The molecule has 1 atom stereocenters. The zero-order valence-electron chi connectivity index (χ0n) is 15.7. The van der Waals surface area contributed by atoms with Crippen LogP contribution in [-0.2, 0) is 14.6 Å². The van der Waals surface area contributed by atoms with Crippen LogP contribution in [0.4, 0.5) is 0 Å². The average Bonchev–Trinajstić information content (AvgIpc) is 2.58. The SMILES string of the molecule is CC(=O)C(C)(CCCN1CCC(C)=C(C)C1)S(=O)(=O)c1ccccc1. The van der Waals surface area contributed by atoms with Crippen LogP contribution in [0.3, 0.4) is 0 Å². The van der Waals surface area contributed by atoms with Crippen molar-refractivity contribution in [1.82, 2.24) is 4.90 Å². The summed E-state index contributed by atoms with van der Waals surface area (Å²) in [5, 5.41) is 0. The number of rotatable bonds is 7. The van der Waals surface area contributed by atoms with Gasteiger partial charge in [-0.05, 0) is 65.6 Å². The molecule has 4 nitrogen and oxygen atoms in total. The van der Waals surface area contributed by atoms with Gasteiger partial charge >= 0.3 is 0 Å². The first-order chi connectivity index (χ1) is 11.7. The molecule has 0 amide bonds. The third-order valence-corrected chi connectivity index (χ3v) is 8.08. The fraction of sp³-hybridized carbons (Fsp3) is 0.550. The number of Topliss-reactive ketones (excluding diaryl/α,β-unsaturated/α-hetero) is 1. The first-order valence-corrected chi connectivity index (χ1v) is 10.3. The van der Waals surface area contributed by atoms with Gasteiger partial charge in [-0.25, -0.2) is 8.42 Å². The third-order valence-electron chi connectivity index (χ3n) is 5.51. The highest BCUT2D eigenvalue weighted by Gasteiger charge is 2.44. The van der Waals surface area contributed by atoms with E-state index in [0.717, 1.165) is 26.1 Å². The Morgan fingerprint density at radius 2 is 1.80 bits per heavy atom. The first-order valence-electron chi connectivity index (χ1n) is 8.87. The van der Waals surface area contributed by atoms with Crippen LogP contribution in [0.15, 0.2) is 46.4 Å². The minimum atomic E-state index is -3.70. The number of hydrogen-bond donors (Lipinski definition) is 0. The van der Waals surface area contributed by atoms with Crippen molar-refractivity contribution < 1.29 is 13.2 Å². The van der Waals surface area contributed by atoms with E-state index in [0.29, 0.717) is 12.8 Å². The Bertz CT molecular complexity index is 752. The number of nitrogens with zero attached hydrogens (tertiary/aromatic N) is 1. The second-order valence-corrected chi connectivity index (χ2v) is 9.67. The predicted octanol–water partition coefficient (Wildman–Crippen LogP) is 3.63. The summed E-state index contributed by atoms with van der Waals surface area (Å²) in [6, 6.07) is 8.30. The van der Waals surface area contributed by atoms with Crippen LogP contribution in [0.25, 0.3) is 0 Å². The lowest BCUT2D eigenvalue weighted by molar-refractivity contribution is -0.119. The molecule has 0 N–H and O–H groups in total. The molecule has 1 aromatic rings. The number of benzene rings is 1. The fourth-order valence-electron chi connectivity index (χ4n) is 3.28. The topological polar surface area (TPSA) is 54.5 Å². The standard InChI is InChI=1S/C20H29NO3S/c1-16-11-14-21(15-17(16)2)13-8-12-20(4,18(3)22)25(23,24)19-9-6-5-7-10-19/h5-7,9-10H,8,11-15H2,1-4H3. The smallest absolute Gasteiger partial charge is 0.190 e. The van der Waals surface area contributed by atoms with Crippen molar-refractivity contribution in [3.63, 3.8) is 0 Å². The summed E-state index contributed by atoms with van der Waals surface area (Å²) in [6.45, 7) is 10.0. The molecule has 0 saturated carbocycles. The molecule has 1 unspecified atom stereocenters. The number of ketones is 1. The van der Waals surface area contributed by atoms with E-state index in [1.54, 1.807) is 37.3 Å². The predicted molar refractivity (Wildman–Crippen MR) is 101 cm³/mol. The first kappa shape index (κ1) is 19.9. The Morgan fingerprint density at radius 1 is 1.16 bits per heavy atom. The highest BCUT2D eigenvalue weighted by atomic mass is 32.2. The molecule has 0 spiro atoms. The summed E-state index contributed by atoms with van der Waals surface area (Å²) in [4.78, 5) is 14.8. The van der Waals surface area contributed by atoms with Crippen molar-refractivity contribution in [3.8, 4) is 0 Å². The zero-order chi connectivity index (χ0) is 18.7. The van der Waals surface area contributed by atoms with Gasteiger partial charge in [0.15, 0.2) is 15.6 Å². The summed E-state index contributed by atoms with van der Waals surface area (Å²) >= 11 is 0. The monoisotopic (exact) mass is 363 g/mol. The van der Waals surface area contributed by atoms with Crippen molar-refractivity contribution in [2.75, 3.05) is 19.6 Å². The van der Waals surface area contributed by atoms with Gasteiger partial charge in [0.1, 0.15) is 4.75 Å². The molecule has 138 valence electrons. The van der Waals surface area contributed by atoms with Crippen LogP contribution in [0.5, 0.6) is 0 Å². The summed E-state index contributed by atoms with van der Waals surface area (Å²) in [5.41, 5.74) is 2.86. The van der Waals surface area contributed by atoms with Crippen molar-refractivity contribution in [2.24, 2.45) is 0 Å². The van der Waals surface area contributed by atoms with E-state index in [2.05, 4.69) is 18.7 Å². The molecule has 5 heteroatoms. The summed E-state index contributed by atoms with van der Waals surface area (Å²) in [7, 11) is -3.70. The van der Waals surface area contributed by atoms with E-state index in [1.165, 1.54) is 18.1 Å². The van der Waals surface area contributed by atoms with Gasteiger partial charge in [0, 0.05) is 13.1 Å². The Kier molecular flexibility index (Phi) is 6.22. The lowest BCUT2D eigenvalue weighted by Crippen LogP contribution is -2.43. The van der Waals surface area contributed by atoms with E-state index < -0.39 is 14.6 Å². The quantitative estimate of drug-likeness (QED) is 0.694. The molecule has 1 aliphatic heterocycles. The summed E-state index contributed by atoms with van der Waals surface area (Å²) < 4.78 is 24.7. The van der Waals surface area contributed by atoms with Gasteiger partial charge in [0.05, 0.1) is 4.90 Å². The molecule has 1 aromatic carbocycles. The normalized spacial score (nSPS) is 18.9. The van der Waals surface area contributed by atoms with Gasteiger partial charge in [-0.1, -0.05) is 29.3 Å². The Morgan fingerprint density at radius 3 is 2.36 bits per heavy atom. The van der Waals surface area contributed by atoms with Crippen LogP contribution < -0.4 is 0 Å². The Hall–Kier alpha value is -1.46. The molecule has 0 aliphatic carbocycles. The second kappa shape index (κ2) is 7.83. The molecule has 1 aliphatic rings. The fourth-order valence-corrected chi connectivity index (χ4v) is 5.11. The molecule has 0 saturated heterocycles. The Balaban J connectivity index is 2.09. The molecule has 1 heterocycles. The van der Waals surface area contributed by atoms with Crippen LogP contribution in [0.1, 0.15) is 47.0 Å². The highest BCUT2D eigenvalue weighted by Crippen LogP contribution is 2.31. The number of carbonyl (C=O) groups is 1. The van der Waals surface area contributed by atoms with Crippen molar-refractivity contribution in [1.29, 1.82) is 0 Å². The van der Waals surface area contributed by atoms with Gasteiger partial charge in [-0.15, -0.1) is 0 Å². The zero-order valence-corrected chi connectivity index (χ0v) is 16.5. The van der Waals surface area contributed by atoms with Crippen LogP contribution in [-0.4, -0.2) is 43.5 Å². The van der Waals surface area contributed by atoms with E-state index >= 15 is 0 Å². The third kappa shape index (κ3) is 4.21. The average molecular weight is 364 g/mol. The molecular formula is C20H29NO3S. The minimum absolute atomic E-state index is 0.222. The maximum atomic E-state index is 13.0.